The fourth-order valence-electron chi connectivity index (χ4n) is 4.44. The van der Waals surface area contributed by atoms with Gasteiger partial charge in [-0.05, 0) is 74.4 Å². The van der Waals surface area contributed by atoms with Crippen LogP contribution in [-0.4, -0.2) is 36.4 Å². The molecular weight excluding hydrogens is 466 g/mol. The van der Waals surface area contributed by atoms with Crippen LogP contribution >= 0.6 is 11.6 Å². The number of amides is 3. The van der Waals surface area contributed by atoms with Crippen molar-refractivity contribution in [3.8, 4) is 5.75 Å². The van der Waals surface area contributed by atoms with Crippen molar-refractivity contribution in [2.24, 2.45) is 0 Å². The zero-order chi connectivity index (χ0) is 24.7. The van der Waals surface area contributed by atoms with Crippen molar-refractivity contribution in [3.63, 3.8) is 0 Å². The Bertz CT molecular complexity index is 1340. The Kier molecular flexibility index (Phi) is 5.73. The van der Waals surface area contributed by atoms with Gasteiger partial charge in [-0.25, -0.2) is 0 Å². The minimum absolute atomic E-state index is 0.166. The lowest BCUT2D eigenvalue weighted by atomic mass is 10.0. The van der Waals surface area contributed by atoms with Gasteiger partial charge in [0.15, 0.2) is 5.60 Å². The Morgan fingerprint density at radius 3 is 2.54 bits per heavy atom. The Morgan fingerprint density at radius 2 is 1.77 bits per heavy atom. The predicted molar refractivity (Wildman–Crippen MR) is 135 cm³/mol. The molecule has 178 valence electrons. The molecular formula is C27H24ClN3O4. The van der Waals surface area contributed by atoms with Gasteiger partial charge in [-0.1, -0.05) is 29.8 Å². The first-order chi connectivity index (χ1) is 16.7. The fourth-order valence-corrected chi connectivity index (χ4v) is 4.57. The Morgan fingerprint density at radius 1 is 1.03 bits per heavy atom. The van der Waals surface area contributed by atoms with Crippen molar-refractivity contribution in [2.45, 2.75) is 25.9 Å². The standard InChI is InChI=1S/C27H24ClN3O4/c1-27(2)26(34)31(16-24(32)29-20-10-8-19(28)9-11-20)22-15-18(7-12-23(22)35-27)25(33)30-14-13-17-5-3-4-6-21(17)30/h3-12,15H,13-14,16H2,1-2H3,(H,29,32). The van der Waals surface area contributed by atoms with E-state index in [9.17, 15) is 14.4 Å². The highest BCUT2D eigenvalue weighted by molar-refractivity contribution is 6.30. The highest BCUT2D eigenvalue weighted by atomic mass is 35.5. The van der Waals surface area contributed by atoms with E-state index in [1.165, 1.54) is 4.90 Å². The molecule has 0 aliphatic carbocycles. The number of hydrogen-bond donors (Lipinski definition) is 1. The monoisotopic (exact) mass is 489 g/mol. The van der Waals surface area contributed by atoms with Crippen LogP contribution < -0.4 is 19.9 Å². The number of nitrogens with zero attached hydrogens (tertiary/aromatic N) is 2. The number of anilines is 3. The lowest BCUT2D eigenvalue weighted by molar-refractivity contribution is -0.133. The Balaban J connectivity index is 1.44. The second-order valence-corrected chi connectivity index (χ2v) is 9.51. The first-order valence-electron chi connectivity index (χ1n) is 11.3. The molecule has 1 N–H and O–H groups in total. The van der Waals surface area contributed by atoms with Crippen LogP contribution in [0.15, 0.2) is 66.7 Å². The fraction of sp³-hybridized carbons (Fsp3) is 0.222. The quantitative estimate of drug-likeness (QED) is 0.577. The Labute approximate surface area is 208 Å². The third-order valence-corrected chi connectivity index (χ3v) is 6.44. The Hall–Kier alpha value is -3.84. The first kappa shape index (κ1) is 22.9. The maximum absolute atomic E-state index is 13.4. The van der Waals surface area contributed by atoms with E-state index >= 15 is 0 Å². The van der Waals surface area contributed by atoms with Gasteiger partial charge in [0, 0.05) is 28.5 Å². The van der Waals surface area contributed by atoms with Crippen molar-refractivity contribution in [2.75, 3.05) is 28.2 Å². The van der Waals surface area contributed by atoms with Crippen LogP contribution in [0.2, 0.25) is 5.02 Å². The van der Waals surface area contributed by atoms with E-state index in [0.717, 1.165) is 17.7 Å². The second kappa shape index (κ2) is 8.74. The van der Waals surface area contributed by atoms with Gasteiger partial charge < -0.3 is 15.0 Å². The minimum Gasteiger partial charge on any atom is -0.476 e. The van der Waals surface area contributed by atoms with Gasteiger partial charge in [0.25, 0.3) is 11.8 Å². The lowest BCUT2D eigenvalue weighted by Crippen LogP contribution is -2.54. The molecule has 0 bridgehead atoms. The van der Waals surface area contributed by atoms with Gasteiger partial charge in [-0.2, -0.15) is 0 Å². The van der Waals surface area contributed by atoms with Gasteiger partial charge in [-0.3, -0.25) is 19.3 Å². The van der Waals surface area contributed by atoms with Crippen molar-refractivity contribution in [1.82, 2.24) is 0 Å². The van der Waals surface area contributed by atoms with E-state index in [2.05, 4.69) is 5.32 Å². The highest BCUT2D eigenvalue weighted by Gasteiger charge is 2.42. The molecule has 3 aromatic carbocycles. The zero-order valence-electron chi connectivity index (χ0n) is 19.4. The number of hydrogen-bond acceptors (Lipinski definition) is 4. The molecule has 0 saturated carbocycles. The number of rotatable bonds is 4. The molecule has 8 heteroatoms. The number of nitrogens with one attached hydrogen (secondary N) is 1. The largest absolute Gasteiger partial charge is 0.476 e. The summed E-state index contributed by atoms with van der Waals surface area (Å²) in [6.45, 7) is 3.67. The van der Waals surface area contributed by atoms with E-state index in [0.29, 0.717) is 34.3 Å². The summed E-state index contributed by atoms with van der Waals surface area (Å²) >= 11 is 5.92. The molecule has 7 nitrogen and oxygen atoms in total. The third-order valence-electron chi connectivity index (χ3n) is 6.18. The lowest BCUT2D eigenvalue weighted by Gasteiger charge is -2.38. The number of carbonyl (C=O) groups is 3. The average Bonchev–Trinajstić information content (AvgIpc) is 3.27. The van der Waals surface area contributed by atoms with Gasteiger partial charge >= 0.3 is 0 Å². The zero-order valence-corrected chi connectivity index (χ0v) is 20.1. The van der Waals surface area contributed by atoms with Crippen molar-refractivity contribution in [1.29, 1.82) is 0 Å². The number of carbonyl (C=O) groups excluding carboxylic acids is 3. The third kappa shape index (κ3) is 4.35. The maximum atomic E-state index is 13.4. The van der Waals surface area contributed by atoms with Crippen LogP contribution in [0.5, 0.6) is 5.75 Å². The SMILES string of the molecule is CC1(C)Oc2ccc(C(=O)N3CCc4ccccc43)cc2N(CC(=O)Nc2ccc(Cl)cc2)C1=O. The summed E-state index contributed by atoms with van der Waals surface area (Å²) in [6.07, 6.45) is 0.791. The topological polar surface area (TPSA) is 79.0 Å². The summed E-state index contributed by atoms with van der Waals surface area (Å²) in [7, 11) is 0. The van der Waals surface area contributed by atoms with E-state index < -0.39 is 5.60 Å². The van der Waals surface area contributed by atoms with E-state index in [4.69, 9.17) is 16.3 Å². The molecule has 0 unspecified atom stereocenters. The maximum Gasteiger partial charge on any atom is 0.271 e. The number of ether oxygens (including phenoxy) is 1. The molecule has 2 heterocycles. The smallest absolute Gasteiger partial charge is 0.271 e. The number of para-hydroxylation sites is 1. The van der Waals surface area contributed by atoms with Crippen LogP contribution in [0, 0.1) is 0 Å². The summed E-state index contributed by atoms with van der Waals surface area (Å²) in [4.78, 5) is 42.6. The molecule has 0 aromatic heterocycles. The van der Waals surface area contributed by atoms with Gasteiger partial charge in [0.05, 0.1) is 5.69 Å². The normalized spacial score (nSPS) is 15.8. The molecule has 35 heavy (non-hydrogen) atoms. The highest BCUT2D eigenvalue weighted by Crippen LogP contribution is 2.39. The predicted octanol–water partition coefficient (Wildman–Crippen LogP) is 4.69. The molecule has 2 aliphatic rings. The molecule has 0 fully saturated rings. The van der Waals surface area contributed by atoms with Crippen LogP contribution in [0.4, 0.5) is 17.1 Å². The minimum atomic E-state index is -1.16. The summed E-state index contributed by atoms with van der Waals surface area (Å²) in [6, 6.07) is 19.5. The van der Waals surface area contributed by atoms with E-state index in [1.54, 1.807) is 61.2 Å². The van der Waals surface area contributed by atoms with Crippen LogP contribution in [0.1, 0.15) is 29.8 Å². The van der Waals surface area contributed by atoms with Crippen LogP contribution in [-0.2, 0) is 16.0 Å². The molecule has 5 rings (SSSR count). The molecule has 0 saturated heterocycles. The molecule has 3 aromatic rings. The first-order valence-corrected chi connectivity index (χ1v) is 11.7. The second-order valence-electron chi connectivity index (χ2n) is 9.08. The van der Waals surface area contributed by atoms with E-state index in [-0.39, 0.29) is 24.3 Å². The summed E-state index contributed by atoms with van der Waals surface area (Å²) in [5, 5.41) is 3.34. The molecule has 2 aliphatic heterocycles. The van der Waals surface area contributed by atoms with Crippen molar-refractivity contribution < 1.29 is 19.1 Å². The van der Waals surface area contributed by atoms with Crippen LogP contribution in [0.3, 0.4) is 0 Å². The summed E-state index contributed by atoms with van der Waals surface area (Å²) in [5.74, 6) is -0.477. The van der Waals surface area contributed by atoms with Crippen LogP contribution in [0.25, 0.3) is 0 Å². The molecule has 3 amide bonds. The summed E-state index contributed by atoms with van der Waals surface area (Å²) in [5.41, 5.74) is 2.23. The van der Waals surface area contributed by atoms with Gasteiger partial charge in [-0.15, -0.1) is 0 Å². The van der Waals surface area contributed by atoms with Crippen molar-refractivity contribution in [3.05, 3.63) is 82.9 Å². The number of benzene rings is 3. The molecule has 0 atom stereocenters. The average molecular weight is 490 g/mol. The molecule has 0 spiro atoms. The summed E-state index contributed by atoms with van der Waals surface area (Å²) < 4.78 is 5.93. The van der Waals surface area contributed by atoms with Crippen molar-refractivity contribution >= 4 is 46.4 Å². The molecule has 0 radical (unpaired) electrons. The van der Waals surface area contributed by atoms with E-state index in [1.807, 2.05) is 24.3 Å². The van der Waals surface area contributed by atoms with Gasteiger partial charge in [0.2, 0.25) is 5.91 Å². The van der Waals surface area contributed by atoms with Gasteiger partial charge in [0.1, 0.15) is 12.3 Å². The number of halogens is 1. The number of fused-ring (bicyclic) bond motifs is 2.